The molecule has 0 heterocycles. The predicted octanol–water partition coefficient (Wildman–Crippen LogP) is 2.36. The van der Waals surface area contributed by atoms with Crippen molar-refractivity contribution >= 4 is 17.4 Å². The van der Waals surface area contributed by atoms with E-state index < -0.39 is 12.6 Å². The van der Waals surface area contributed by atoms with Crippen molar-refractivity contribution in [3.8, 4) is 0 Å². The molecule has 0 spiro atoms. The zero-order valence-corrected chi connectivity index (χ0v) is 6.49. The molecule has 0 aromatic rings. The summed E-state index contributed by atoms with van der Waals surface area (Å²) in [5.74, 6) is 0. The van der Waals surface area contributed by atoms with Gasteiger partial charge in [-0.2, -0.15) is 13.2 Å². The summed E-state index contributed by atoms with van der Waals surface area (Å²) in [6.45, 7) is 1.74. The fourth-order valence-electron chi connectivity index (χ4n) is 0.377. The van der Waals surface area contributed by atoms with Crippen molar-refractivity contribution in [3.63, 3.8) is 0 Å². The number of rotatable bonds is 2. The van der Waals surface area contributed by atoms with Crippen molar-refractivity contribution in [3.05, 3.63) is 0 Å². The van der Waals surface area contributed by atoms with E-state index in [4.69, 9.17) is 0 Å². The summed E-state index contributed by atoms with van der Waals surface area (Å²) >= 11 is 0. The molecule has 0 saturated heterocycles. The molecule has 0 aliphatic rings. The minimum atomic E-state index is -3.95. The van der Waals surface area contributed by atoms with Crippen LogP contribution in [0.4, 0.5) is 13.2 Å². The molecule has 0 radical (unpaired) electrons. The Bertz CT molecular complexity index is 59.7. The monoisotopic (exact) mass is 153 g/mol. The quantitative estimate of drug-likeness (QED) is 0.534. The van der Waals surface area contributed by atoms with Gasteiger partial charge in [-0.15, -0.1) is 0 Å². The molecule has 0 bridgehead atoms. The van der Waals surface area contributed by atoms with Crippen LogP contribution in [0.5, 0.6) is 0 Å². The van der Waals surface area contributed by atoms with Gasteiger partial charge in [0, 0.05) is 6.42 Å². The average molecular weight is 153 g/mol. The summed E-state index contributed by atoms with van der Waals surface area (Å²) in [6.07, 6.45) is -3.72. The number of alkyl halides is 3. The molecule has 0 N–H and O–H groups in total. The van der Waals surface area contributed by atoms with Gasteiger partial charge < -0.3 is 0 Å². The van der Waals surface area contributed by atoms with Gasteiger partial charge in [0.25, 0.3) is 0 Å². The van der Waals surface area contributed by atoms with Crippen LogP contribution in [0.3, 0.4) is 0 Å². The molecule has 4 heteroatoms. The minimum absolute atomic E-state index is 0. The fraction of sp³-hybridized carbons (Fsp3) is 1.00. The Kier molecular flexibility index (Phi) is 6.87. The van der Waals surface area contributed by atoms with Gasteiger partial charge in [-0.05, 0) is 6.42 Å². The van der Waals surface area contributed by atoms with E-state index in [1.165, 1.54) is 0 Å². The number of hydrogen-bond donors (Lipinski definition) is 0. The summed E-state index contributed by atoms with van der Waals surface area (Å²) in [7, 11) is 0. The largest absolute Gasteiger partial charge is 3.00 e. The summed E-state index contributed by atoms with van der Waals surface area (Å²) in [5.41, 5.74) is 0. The van der Waals surface area contributed by atoms with Crippen molar-refractivity contribution in [1.82, 2.24) is 0 Å². The van der Waals surface area contributed by atoms with Gasteiger partial charge in [-0.3, -0.25) is 0 Å². The van der Waals surface area contributed by atoms with Crippen LogP contribution in [-0.2, 0) is 0 Å². The Labute approximate surface area is 63.6 Å². The molecule has 9 heavy (non-hydrogen) atoms. The van der Waals surface area contributed by atoms with E-state index in [0.29, 0.717) is 6.42 Å². The maximum absolute atomic E-state index is 11.2. The third kappa shape index (κ3) is 11.7. The Hall–Kier alpha value is 0.322. The molecule has 0 atom stereocenters. The van der Waals surface area contributed by atoms with E-state index in [1.54, 1.807) is 6.92 Å². The summed E-state index contributed by atoms with van der Waals surface area (Å²) in [4.78, 5) is 0. The number of hydrogen-bond acceptors (Lipinski definition) is 0. The van der Waals surface area contributed by atoms with Crippen LogP contribution in [0.15, 0.2) is 0 Å². The molecule has 0 fully saturated rings. The molecule has 0 rings (SSSR count). The maximum atomic E-state index is 11.2. The molecule has 0 nitrogen and oxygen atoms in total. The molecular formula is C5H9AlF3+3. The van der Waals surface area contributed by atoms with Crippen LogP contribution in [0, 0.1) is 0 Å². The van der Waals surface area contributed by atoms with Gasteiger partial charge in [-0.1, -0.05) is 13.3 Å². The zero-order chi connectivity index (χ0) is 6.62. The van der Waals surface area contributed by atoms with Gasteiger partial charge in [0.15, 0.2) is 0 Å². The SMILES string of the molecule is CCCCC(F)(F)F.[Al+3]. The molecule has 0 aliphatic heterocycles. The average Bonchev–Trinajstić information content (AvgIpc) is 1.59. The van der Waals surface area contributed by atoms with Crippen LogP contribution >= 0.6 is 0 Å². The van der Waals surface area contributed by atoms with E-state index in [0.717, 1.165) is 0 Å². The third-order valence-corrected chi connectivity index (χ3v) is 0.814. The van der Waals surface area contributed by atoms with Crippen LogP contribution in [0.2, 0.25) is 0 Å². The fourth-order valence-corrected chi connectivity index (χ4v) is 0.377. The van der Waals surface area contributed by atoms with Gasteiger partial charge in [0.1, 0.15) is 0 Å². The molecule has 0 aromatic heterocycles. The van der Waals surface area contributed by atoms with Gasteiger partial charge in [0.2, 0.25) is 0 Å². The van der Waals surface area contributed by atoms with Gasteiger partial charge >= 0.3 is 23.5 Å². The van der Waals surface area contributed by atoms with Crippen LogP contribution in [-0.4, -0.2) is 23.5 Å². The Balaban J connectivity index is 0. The van der Waals surface area contributed by atoms with E-state index >= 15 is 0 Å². The van der Waals surface area contributed by atoms with Crippen molar-refractivity contribution in [2.75, 3.05) is 0 Å². The minimum Gasteiger partial charge on any atom is -0.171 e. The Morgan fingerprint density at radius 3 is 1.78 bits per heavy atom. The standard InChI is InChI=1S/C5H9F3.Al/c1-2-3-4-5(6,7)8;/h2-4H2,1H3;/q;+3. The molecule has 0 aliphatic carbocycles. The Morgan fingerprint density at radius 1 is 1.22 bits per heavy atom. The molecule has 0 aromatic carbocycles. The van der Waals surface area contributed by atoms with Crippen molar-refractivity contribution < 1.29 is 13.2 Å². The van der Waals surface area contributed by atoms with E-state index in [1.807, 2.05) is 0 Å². The second-order valence-electron chi connectivity index (χ2n) is 1.72. The first-order valence-electron chi connectivity index (χ1n) is 2.63. The van der Waals surface area contributed by atoms with E-state index in [-0.39, 0.29) is 23.8 Å². The topological polar surface area (TPSA) is 0 Å². The van der Waals surface area contributed by atoms with Crippen molar-refractivity contribution in [1.29, 1.82) is 0 Å². The first-order valence-corrected chi connectivity index (χ1v) is 2.63. The van der Waals surface area contributed by atoms with E-state index in [2.05, 4.69) is 0 Å². The number of unbranched alkanes of at least 4 members (excludes halogenated alkanes) is 1. The second-order valence-corrected chi connectivity index (χ2v) is 1.72. The normalized spacial score (nSPS) is 10.7. The van der Waals surface area contributed by atoms with Gasteiger partial charge in [-0.25, -0.2) is 0 Å². The number of halogens is 3. The molecular weight excluding hydrogens is 144 g/mol. The summed E-state index contributed by atoms with van der Waals surface area (Å²) < 4.78 is 33.7. The first-order chi connectivity index (χ1) is 3.56. The van der Waals surface area contributed by atoms with Gasteiger partial charge in [0.05, 0.1) is 0 Å². The van der Waals surface area contributed by atoms with Crippen LogP contribution in [0.25, 0.3) is 0 Å². The molecule has 0 amide bonds. The summed E-state index contributed by atoms with van der Waals surface area (Å²) in [6, 6.07) is 0. The third-order valence-electron chi connectivity index (χ3n) is 0.814. The van der Waals surface area contributed by atoms with Crippen LogP contribution < -0.4 is 0 Å². The first kappa shape index (κ1) is 12.0. The molecule has 50 valence electrons. The Morgan fingerprint density at radius 2 is 1.67 bits per heavy atom. The smallest absolute Gasteiger partial charge is 0.171 e. The zero-order valence-electron chi connectivity index (χ0n) is 5.33. The van der Waals surface area contributed by atoms with E-state index in [9.17, 15) is 13.2 Å². The maximum Gasteiger partial charge on any atom is 3.00 e. The molecule has 0 saturated carbocycles. The second kappa shape index (κ2) is 5.13. The van der Waals surface area contributed by atoms with Crippen molar-refractivity contribution in [2.45, 2.75) is 32.4 Å². The summed E-state index contributed by atoms with van der Waals surface area (Å²) in [5, 5.41) is 0. The van der Waals surface area contributed by atoms with Crippen molar-refractivity contribution in [2.24, 2.45) is 0 Å². The van der Waals surface area contributed by atoms with Crippen LogP contribution in [0.1, 0.15) is 26.2 Å². The molecule has 0 unspecified atom stereocenters. The predicted molar refractivity (Wildman–Crippen MR) is 31.3 cm³/mol.